The molecular weight excluding hydrogens is 186 g/mol. The minimum Gasteiger partial charge on any atom is -0.367 e. The molecule has 2 unspecified atom stereocenters. The number of nitrogens with one attached hydrogen (secondary N) is 1. The number of nitriles is 1. The van der Waals surface area contributed by atoms with E-state index in [2.05, 4.69) is 23.3 Å². The average Bonchev–Trinajstić information content (AvgIpc) is 2.64. The van der Waals surface area contributed by atoms with Crippen LogP contribution < -0.4 is 5.32 Å². The lowest BCUT2D eigenvalue weighted by Crippen LogP contribution is -2.16. The Kier molecular flexibility index (Phi) is 2.86. The fourth-order valence-electron chi connectivity index (χ4n) is 2.13. The first kappa shape index (κ1) is 9.97. The molecule has 1 saturated carbocycles. The molecule has 1 N–H and O–H groups in total. The molecule has 0 spiro atoms. The second-order valence-corrected chi connectivity index (χ2v) is 4.30. The molecule has 1 aromatic rings. The van der Waals surface area contributed by atoms with Gasteiger partial charge in [-0.05, 0) is 37.3 Å². The molecule has 3 nitrogen and oxygen atoms in total. The van der Waals surface area contributed by atoms with Crippen LogP contribution in [0.4, 0.5) is 5.82 Å². The lowest BCUT2D eigenvalue weighted by atomic mass is 10.1. The standard InChI is InChI=1S/C12H15N3/c1-9-2-3-11(6-9)15-12-7-10(8-13)4-5-14-12/h4-5,7,9,11H,2-3,6H2,1H3,(H,14,15). The Labute approximate surface area is 90.1 Å². The molecule has 2 rings (SSSR count). The Morgan fingerprint density at radius 1 is 1.53 bits per heavy atom. The SMILES string of the molecule is CC1CCC(Nc2cc(C#N)ccn2)C1. The molecule has 1 aromatic heterocycles. The fraction of sp³-hybridized carbons (Fsp3) is 0.500. The van der Waals surface area contributed by atoms with E-state index < -0.39 is 0 Å². The second kappa shape index (κ2) is 4.31. The Bertz CT molecular complexity index is 381. The van der Waals surface area contributed by atoms with Crippen molar-refractivity contribution in [2.24, 2.45) is 5.92 Å². The third kappa shape index (κ3) is 2.47. The maximum atomic E-state index is 8.76. The zero-order valence-electron chi connectivity index (χ0n) is 8.90. The first-order chi connectivity index (χ1) is 7.28. The molecule has 1 aliphatic carbocycles. The zero-order valence-corrected chi connectivity index (χ0v) is 8.90. The van der Waals surface area contributed by atoms with E-state index in [-0.39, 0.29) is 0 Å². The van der Waals surface area contributed by atoms with E-state index in [0.29, 0.717) is 11.6 Å². The number of hydrogen-bond acceptors (Lipinski definition) is 3. The van der Waals surface area contributed by atoms with Crippen LogP contribution in [0, 0.1) is 17.2 Å². The van der Waals surface area contributed by atoms with Gasteiger partial charge in [-0.1, -0.05) is 6.92 Å². The Hall–Kier alpha value is -1.56. The van der Waals surface area contributed by atoms with E-state index in [9.17, 15) is 0 Å². The smallest absolute Gasteiger partial charge is 0.127 e. The number of aromatic nitrogens is 1. The van der Waals surface area contributed by atoms with E-state index in [4.69, 9.17) is 5.26 Å². The predicted molar refractivity (Wildman–Crippen MR) is 59.4 cm³/mol. The van der Waals surface area contributed by atoms with Gasteiger partial charge in [0.25, 0.3) is 0 Å². The Morgan fingerprint density at radius 2 is 2.40 bits per heavy atom. The quantitative estimate of drug-likeness (QED) is 0.800. The highest BCUT2D eigenvalue weighted by Crippen LogP contribution is 2.26. The number of hydrogen-bond donors (Lipinski definition) is 1. The van der Waals surface area contributed by atoms with Crippen LogP contribution in [0.2, 0.25) is 0 Å². The first-order valence-electron chi connectivity index (χ1n) is 5.40. The highest BCUT2D eigenvalue weighted by Gasteiger charge is 2.21. The van der Waals surface area contributed by atoms with Crippen molar-refractivity contribution in [3.05, 3.63) is 23.9 Å². The summed E-state index contributed by atoms with van der Waals surface area (Å²) in [5, 5.41) is 12.1. The summed E-state index contributed by atoms with van der Waals surface area (Å²) in [6.45, 7) is 2.28. The number of nitrogens with zero attached hydrogens (tertiary/aromatic N) is 2. The molecule has 1 aliphatic rings. The van der Waals surface area contributed by atoms with Crippen LogP contribution in [-0.4, -0.2) is 11.0 Å². The van der Waals surface area contributed by atoms with Gasteiger partial charge in [0.2, 0.25) is 0 Å². The van der Waals surface area contributed by atoms with Crippen LogP contribution in [0.1, 0.15) is 31.7 Å². The van der Waals surface area contributed by atoms with Crippen LogP contribution in [-0.2, 0) is 0 Å². The minimum atomic E-state index is 0.529. The van der Waals surface area contributed by atoms with E-state index in [0.717, 1.165) is 11.7 Å². The molecule has 0 bridgehead atoms. The normalized spacial score (nSPS) is 24.8. The summed E-state index contributed by atoms with van der Waals surface area (Å²) < 4.78 is 0. The van der Waals surface area contributed by atoms with Crippen molar-refractivity contribution < 1.29 is 0 Å². The van der Waals surface area contributed by atoms with Gasteiger partial charge in [0.15, 0.2) is 0 Å². The second-order valence-electron chi connectivity index (χ2n) is 4.30. The van der Waals surface area contributed by atoms with Gasteiger partial charge in [0.05, 0.1) is 11.6 Å². The van der Waals surface area contributed by atoms with Crippen LogP contribution in [0.25, 0.3) is 0 Å². The van der Waals surface area contributed by atoms with Crippen molar-refractivity contribution in [1.29, 1.82) is 5.26 Å². The number of rotatable bonds is 2. The average molecular weight is 201 g/mol. The zero-order chi connectivity index (χ0) is 10.7. The third-order valence-corrected chi connectivity index (χ3v) is 2.94. The molecule has 0 aliphatic heterocycles. The minimum absolute atomic E-state index is 0.529. The van der Waals surface area contributed by atoms with Crippen LogP contribution in [0.15, 0.2) is 18.3 Å². The molecule has 0 aromatic carbocycles. The lowest BCUT2D eigenvalue weighted by Gasteiger charge is -2.12. The fourth-order valence-corrected chi connectivity index (χ4v) is 2.13. The molecule has 2 atom stereocenters. The van der Waals surface area contributed by atoms with E-state index in [1.807, 2.05) is 6.07 Å². The van der Waals surface area contributed by atoms with Gasteiger partial charge in [0.1, 0.15) is 5.82 Å². The van der Waals surface area contributed by atoms with Gasteiger partial charge in [-0.3, -0.25) is 0 Å². The topological polar surface area (TPSA) is 48.7 Å². The van der Waals surface area contributed by atoms with Crippen LogP contribution in [0.5, 0.6) is 0 Å². The summed E-state index contributed by atoms with van der Waals surface area (Å²) in [6.07, 6.45) is 5.38. The molecule has 0 radical (unpaired) electrons. The molecule has 15 heavy (non-hydrogen) atoms. The molecule has 78 valence electrons. The molecular formula is C12H15N3. The van der Waals surface area contributed by atoms with Crippen molar-refractivity contribution in [2.75, 3.05) is 5.32 Å². The largest absolute Gasteiger partial charge is 0.367 e. The van der Waals surface area contributed by atoms with Crippen molar-refractivity contribution in [3.8, 4) is 6.07 Å². The van der Waals surface area contributed by atoms with Crippen molar-refractivity contribution in [2.45, 2.75) is 32.2 Å². The molecule has 0 saturated heterocycles. The van der Waals surface area contributed by atoms with Gasteiger partial charge >= 0.3 is 0 Å². The molecule has 3 heteroatoms. The summed E-state index contributed by atoms with van der Waals surface area (Å²) in [4.78, 5) is 4.21. The summed E-state index contributed by atoms with van der Waals surface area (Å²) in [6, 6.07) is 6.18. The van der Waals surface area contributed by atoms with Gasteiger partial charge < -0.3 is 5.32 Å². The summed E-state index contributed by atoms with van der Waals surface area (Å²) >= 11 is 0. The molecule has 1 fully saturated rings. The number of pyridine rings is 1. The number of anilines is 1. The van der Waals surface area contributed by atoms with E-state index >= 15 is 0 Å². The van der Waals surface area contributed by atoms with Gasteiger partial charge in [-0.25, -0.2) is 4.98 Å². The highest BCUT2D eigenvalue weighted by atomic mass is 15.0. The maximum Gasteiger partial charge on any atom is 0.127 e. The maximum absolute atomic E-state index is 8.76. The Morgan fingerprint density at radius 3 is 3.07 bits per heavy atom. The summed E-state index contributed by atoms with van der Waals surface area (Å²) in [7, 11) is 0. The first-order valence-corrected chi connectivity index (χ1v) is 5.40. The van der Waals surface area contributed by atoms with E-state index in [1.54, 1.807) is 12.3 Å². The van der Waals surface area contributed by atoms with Gasteiger partial charge in [-0.15, -0.1) is 0 Å². The predicted octanol–water partition coefficient (Wildman–Crippen LogP) is 2.55. The molecule has 0 amide bonds. The monoisotopic (exact) mass is 201 g/mol. The third-order valence-electron chi connectivity index (χ3n) is 2.94. The van der Waals surface area contributed by atoms with Crippen LogP contribution >= 0.6 is 0 Å². The highest BCUT2D eigenvalue weighted by molar-refractivity contribution is 5.43. The molecule has 1 heterocycles. The Balaban J connectivity index is 2.02. The summed E-state index contributed by atoms with van der Waals surface area (Å²) in [5.41, 5.74) is 0.665. The van der Waals surface area contributed by atoms with Crippen LogP contribution in [0.3, 0.4) is 0 Å². The van der Waals surface area contributed by atoms with Crippen molar-refractivity contribution in [1.82, 2.24) is 4.98 Å². The van der Waals surface area contributed by atoms with Gasteiger partial charge in [-0.2, -0.15) is 5.26 Å². The van der Waals surface area contributed by atoms with Crippen molar-refractivity contribution >= 4 is 5.82 Å². The lowest BCUT2D eigenvalue weighted by molar-refractivity contribution is 0.602. The van der Waals surface area contributed by atoms with E-state index in [1.165, 1.54) is 19.3 Å². The van der Waals surface area contributed by atoms with Gasteiger partial charge in [0, 0.05) is 12.2 Å². The van der Waals surface area contributed by atoms with Crippen molar-refractivity contribution in [3.63, 3.8) is 0 Å². The summed E-state index contributed by atoms with van der Waals surface area (Å²) in [5.74, 6) is 1.63.